The molecule has 0 aliphatic carbocycles. The maximum atomic E-state index is 10.4. The molecule has 0 amide bonds. The molecule has 0 saturated heterocycles. The smallest absolute Gasteiger partial charge is 0.303 e. The van der Waals surface area contributed by atoms with Crippen LogP contribution >= 0.6 is 11.6 Å². The van der Waals surface area contributed by atoms with Gasteiger partial charge in [-0.3, -0.25) is 4.79 Å². The van der Waals surface area contributed by atoms with Crippen LogP contribution in [0.25, 0.3) is 0 Å². The third-order valence-electron chi connectivity index (χ3n) is 1.80. The van der Waals surface area contributed by atoms with E-state index < -0.39 is 5.97 Å². The second-order valence-electron chi connectivity index (χ2n) is 2.91. The molecule has 1 aromatic heterocycles. The highest BCUT2D eigenvalue weighted by molar-refractivity contribution is 6.29. The van der Waals surface area contributed by atoms with Gasteiger partial charge in [-0.2, -0.15) is 0 Å². The number of carboxylic acid groups (broad SMARTS) is 1. The minimum absolute atomic E-state index is 0.0296. The van der Waals surface area contributed by atoms with E-state index in [1.807, 2.05) is 6.92 Å². The average Bonchev–Trinajstić information content (AvgIpc) is 2.03. The van der Waals surface area contributed by atoms with E-state index in [0.717, 1.165) is 5.56 Å². The zero-order valence-corrected chi connectivity index (χ0v) is 7.95. The summed E-state index contributed by atoms with van der Waals surface area (Å²) in [6.45, 7) is 1.85. The van der Waals surface area contributed by atoms with Crippen molar-refractivity contribution in [1.29, 1.82) is 0 Å². The first kappa shape index (κ1) is 9.99. The molecule has 1 aromatic rings. The van der Waals surface area contributed by atoms with E-state index in [2.05, 4.69) is 4.98 Å². The minimum atomic E-state index is -0.805. The van der Waals surface area contributed by atoms with Crippen molar-refractivity contribution in [3.63, 3.8) is 0 Å². The molecule has 0 radical (unpaired) electrons. The standard InChI is InChI=1S/C9H10ClNO2/c1-6(4-9(12)13)7-2-3-11-8(10)5-7/h2-3,5-6H,4H2,1H3,(H,12,13). The maximum Gasteiger partial charge on any atom is 0.303 e. The number of aliphatic carboxylic acids is 1. The topological polar surface area (TPSA) is 50.2 Å². The molecule has 3 nitrogen and oxygen atoms in total. The van der Waals surface area contributed by atoms with E-state index in [9.17, 15) is 4.79 Å². The Labute approximate surface area is 81.4 Å². The van der Waals surface area contributed by atoms with Crippen molar-refractivity contribution >= 4 is 17.6 Å². The molecular formula is C9H10ClNO2. The van der Waals surface area contributed by atoms with Crippen molar-refractivity contribution in [2.24, 2.45) is 0 Å². The Morgan fingerprint density at radius 2 is 2.46 bits per heavy atom. The molecule has 70 valence electrons. The first-order valence-electron chi connectivity index (χ1n) is 3.93. The highest BCUT2D eigenvalue weighted by Crippen LogP contribution is 2.20. The highest BCUT2D eigenvalue weighted by atomic mass is 35.5. The van der Waals surface area contributed by atoms with E-state index in [4.69, 9.17) is 16.7 Å². The molecule has 13 heavy (non-hydrogen) atoms. The van der Waals surface area contributed by atoms with E-state index in [1.54, 1.807) is 18.3 Å². The quantitative estimate of drug-likeness (QED) is 0.760. The van der Waals surface area contributed by atoms with Crippen LogP contribution in [0.15, 0.2) is 18.3 Å². The molecule has 0 aliphatic heterocycles. The van der Waals surface area contributed by atoms with Crippen molar-refractivity contribution < 1.29 is 9.90 Å². The number of pyridine rings is 1. The Morgan fingerprint density at radius 1 is 1.77 bits per heavy atom. The molecule has 1 unspecified atom stereocenters. The lowest BCUT2D eigenvalue weighted by atomic mass is 9.99. The summed E-state index contributed by atoms with van der Waals surface area (Å²) in [6, 6.07) is 3.47. The summed E-state index contributed by atoms with van der Waals surface area (Å²) in [4.78, 5) is 14.2. The normalized spacial score (nSPS) is 12.5. The molecule has 0 bridgehead atoms. The molecule has 0 aliphatic rings. The van der Waals surface area contributed by atoms with E-state index in [-0.39, 0.29) is 12.3 Å². The van der Waals surface area contributed by atoms with Crippen LogP contribution in [-0.4, -0.2) is 16.1 Å². The molecule has 1 heterocycles. The number of aromatic nitrogens is 1. The third kappa shape index (κ3) is 3.03. The van der Waals surface area contributed by atoms with Crippen LogP contribution in [0, 0.1) is 0 Å². The predicted molar refractivity (Wildman–Crippen MR) is 49.9 cm³/mol. The van der Waals surface area contributed by atoms with Gasteiger partial charge in [0.05, 0.1) is 6.42 Å². The fourth-order valence-electron chi connectivity index (χ4n) is 1.10. The van der Waals surface area contributed by atoms with Crippen LogP contribution in [0.5, 0.6) is 0 Å². The molecule has 1 rings (SSSR count). The Balaban J connectivity index is 2.76. The first-order chi connectivity index (χ1) is 6.09. The molecular weight excluding hydrogens is 190 g/mol. The number of carboxylic acids is 1. The summed E-state index contributed by atoms with van der Waals surface area (Å²) in [5.74, 6) is -0.835. The molecule has 0 saturated carbocycles. The second-order valence-corrected chi connectivity index (χ2v) is 3.30. The number of hydrogen-bond acceptors (Lipinski definition) is 2. The lowest BCUT2D eigenvalue weighted by Crippen LogP contribution is -2.02. The van der Waals surface area contributed by atoms with Crippen molar-refractivity contribution in [2.75, 3.05) is 0 Å². The summed E-state index contributed by atoms with van der Waals surface area (Å²) >= 11 is 5.67. The lowest BCUT2D eigenvalue weighted by Gasteiger charge is -2.08. The van der Waals surface area contributed by atoms with Gasteiger partial charge in [-0.15, -0.1) is 0 Å². The lowest BCUT2D eigenvalue weighted by molar-refractivity contribution is -0.137. The van der Waals surface area contributed by atoms with Crippen LogP contribution in [0.4, 0.5) is 0 Å². The zero-order chi connectivity index (χ0) is 9.84. The number of rotatable bonds is 3. The predicted octanol–water partition coefficient (Wildman–Crippen LogP) is 2.31. The Morgan fingerprint density at radius 3 is 3.00 bits per heavy atom. The van der Waals surface area contributed by atoms with Crippen LogP contribution in [-0.2, 0) is 4.79 Å². The van der Waals surface area contributed by atoms with Gasteiger partial charge in [0.1, 0.15) is 5.15 Å². The van der Waals surface area contributed by atoms with E-state index in [0.29, 0.717) is 5.15 Å². The van der Waals surface area contributed by atoms with Crippen molar-refractivity contribution in [1.82, 2.24) is 4.98 Å². The monoisotopic (exact) mass is 199 g/mol. The van der Waals surface area contributed by atoms with Gasteiger partial charge in [0.2, 0.25) is 0 Å². The molecule has 0 spiro atoms. The van der Waals surface area contributed by atoms with Crippen molar-refractivity contribution in [2.45, 2.75) is 19.3 Å². The number of hydrogen-bond donors (Lipinski definition) is 1. The van der Waals surface area contributed by atoms with E-state index >= 15 is 0 Å². The molecule has 0 aromatic carbocycles. The summed E-state index contributed by atoms with van der Waals surface area (Å²) in [5, 5.41) is 8.96. The van der Waals surface area contributed by atoms with Gasteiger partial charge in [-0.25, -0.2) is 4.98 Å². The third-order valence-corrected chi connectivity index (χ3v) is 2.01. The maximum absolute atomic E-state index is 10.4. The van der Waals surface area contributed by atoms with Crippen LogP contribution in [0.3, 0.4) is 0 Å². The van der Waals surface area contributed by atoms with Crippen molar-refractivity contribution in [3.8, 4) is 0 Å². The van der Waals surface area contributed by atoms with Gasteiger partial charge in [-0.05, 0) is 23.6 Å². The minimum Gasteiger partial charge on any atom is -0.481 e. The van der Waals surface area contributed by atoms with Gasteiger partial charge < -0.3 is 5.11 Å². The van der Waals surface area contributed by atoms with Gasteiger partial charge in [-0.1, -0.05) is 18.5 Å². The number of halogens is 1. The molecule has 1 N–H and O–H groups in total. The molecule has 1 atom stereocenters. The first-order valence-corrected chi connectivity index (χ1v) is 4.30. The fourth-order valence-corrected chi connectivity index (χ4v) is 1.29. The number of carbonyl (C=O) groups is 1. The second kappa shape index (κ2) is 4.23. The molecule has 4 heteroatoms. The van der Waals surface area contributed by atoms with Crippen molar-refractivity contribution in [3.05, 3.63) is 29.0 Å². The van der Waals surface area contributed by atoms with E-state index in [1.165, 1.54) is 0 Å². The highest BCUT2D eigenvalue weighted by Gasteiger charge is 2.10. The Kier molecular flexibility index (Phi) is 3.25. The summed E-state index contributed by atoms with van der Waals surface area (Å²) in [7, 11) is 0. The van der Waals surface area contributed by atoms with Crippen LogP contribution in [0.2, 0.25) is 5.15 Å². The van der Waals surface area contributed by atoms with Crippen LogP contribution < -0.4 is 0 Å². The summed E-state index contributed by atoms with van der Waals surface area (Å²) in [5.41, 5.74) is 0.905. The van der Waals surface area contributed by atoms with Gasteiger partial charge in [0.15, 0.2) is 0 Å². The largest absolute Gasteiger partial charge is 0.481 e. The van der Waals surface area contributed by atoms with Gasteiger partial charge in [0.25, 0.3) is 0 Å². The zero-order valence-electron chi connectivity index (χ0n) is 7.20. The van der Waals surface area contributed by atoms with Gasteiger partial charge >= 0.3 is 5.97 Å². The summed E-state index contributed by atoms with van der Waals surface area (Å²) < 4.78 is 0. The summed E-state index contributed by atoms with van der Waals surface area (Å²) in [6.07, 6.45) is 1.69. The van der Waals surface area contributed by atoms with Gasteiger partial charge in [0, 0.05) is 6.20 Å². The SMILES string of the molecule is CC(CC(=O)O)c1ccnc(Cl)c1. The number of nitrogens with zero attached hydrogens (tertiary/aromatic N) is 1. The molecule has 0 fully saturated rings. The van der Waals surface area contributed by atoms with Crippen LogP contribution in [0.1, 0.15) is 24.8 Å². The Hall–Kier alpha value is -1.09. The Bertz CT molecular complexity index is 314. The fraction of sp³-hybridized carbons (Fsp3) is 0.333. The average molecular weight is 200 g/mol.